The maximum atomic E-state index is 4.25. The molecule has 1 N–H and O–H groups in total. The average Bonchev–Trinajstić information content (AvgIpc) is 2.83. The lowest BCUT2D eigenvalue weighted by Crippen LogP contribution is -1.83. The van der Waals surface area contributed by atoms with Crippen LogP contribution in [0.4, 0.5) is 0 Å². The Balaban J connectivity index is 2.27. The molecular weight excluding hydrogens is 188 g/mol. The molecule has 15 heavy (non-hydrogen) atoms. The SMILES string of the molecule is Cn1cc(-c2c[nH]c3ncccc23)cn1. The third-order valence-corrected chi connectivity index (χ3v) is 2.47. The highest BCUT2D eigenvalue weighted by Crippen LogP contribution is 2.26. The zero-order valence-electron chi connectivity index (χ0n) is 8.31. The van der Waals surface area contributed by atoms with Crippen LogP contribution in [-0.4, -0.2) is 19.7 Å². The molecule has 4 heteroatoms. The number of fused-ring (bicyclic) bond motifs is 1. The Bertz CT molecular complexity index is 606. The molecule has 0 aliphatic rings. The highest BCUT2D eigenvalue weighted by Gasteiger charge is 2.07. The first kappa shape index (κ1) is 8.23. The number of pyridine rings is 1. The van der Waals surface area contributed by atoms with Crippen molar-refractivity contribution in [2.24, 2.45) is 7.05 Å². The average molecular weight is 198 g/mol. The van der Waals surface area contributed by atoms with Gasteiger partial charge in [0.05, 0.1) is 6.20 Å². The molecule has 0 saturated heterocycles. The second-order valence-corrected chi connectivity index (χ2v) is 3.50. The Labute approximate surface area is 86.6 Å². The van der Waals surface area contributed by atoms with Crippen molar-refractivity contribution in [3.05, 3.63) is 36.9 Å². The normalized spacial score (nSPS) is 11.0. The van der Waals surface area contributed by atoms with Gasteiger partial charge < -0.3 is 4.98 Å². The smallest absolute Gasteiger partial charge is 0.137 e. The first-order valence-electron chi connectivity index (χ1n) is 4.76. The molecule has 3 aromatic rings. The summed E-state index contributed by atoms with van der Waals surface area (Å²) in [5, 5.41) is 5.29. The Morgan fingerprint density at radius 1 is 1.40 bits per heavy atom. The highest BCUT2D eigenvalue weighted by molar-refractivity contribution is 5.93. The molecule has 74 valence electrons. The summed E-state index contributed by atoms with van der Waals surface area (Å²) >= 11 is 0. The fraction of sp³-hybridized carbons (Fsp3) is 0.0909. The molecule has 0 aliphatic heterocycles. The summed E-state index contributed by atoms with van der Waals surface area (Å²) < 4.78 is 1.80. The van der Waals surface area contributed by atoms with Crippen LogP contribution in [0.15, 0.2) is 36.9 Å². The molecule has 0 aromatic carbocycles. The number of nitrogens with zero attached hydrogens (tertiary/aromatic N) is 3. The molecule has 0 radical (unpaired) electrons. The van der Waals surface area contributed by atoms with Crippen LogP contribution in [0.2, 0.25) is 0 Å². The van der Waals surface area contributed by atoms with Crippen molar-refractivity contribution in [1.82, 2.24) is 19.7 Å². The van der Waals surface area contributed by atoms with E-state index in [4.69, 9.17) is 0 Å². The van der Waals surface area contributed by atoms with Crippen LogP contribution >= 0.6 is 0 Å². The number of aromatic nitrogens is 4. The standard InChI is InChI=1S/C11H10N4/c1-15-7-8(5-14-15)10-6-13-11-9(10)3-2-4-12-11/h2-7H,1H3,(H,12,13). The molecular formula is C11H10N4. The van der Waals surface area contributed by atoms with Crippen LogP contribution in [0.3, 0.4) is 0 Å². The molecule has 0 fully saturated rings. The van der Waals surface area contributed by atoms with Crippen molar-refractivity contribution in [2.45, 2.75) is 0 Å². The van der Waals surface area contributed by atoms with Gasteiger partial charge in [0, 0.05) is 42.2 Å². The van der Waals surface area contributed by atoms with Gasteiger partial charge in [0.15, 0.2) is 0 Å². The van der Waals surface area contributed by atoms with E-state index in [-0.39, 0.29) is 0 Å². The number of hydrogen-bond acceptors (Lipinski definition) is 2. The predicted octanol–water partition coefficient (Wildman–Crippen LogP) is 1.96. The van der Waals surface area contributed by atoms with E-state index in [0.29, 0.717) is 0 Å². The van der Waals surface area contributed by atoms with Crippen molar-refractivity contribution in [1.29, 1.82) is 0 Å². The van der Waals surface area contributed by atoms with Crippen LogP contribution in [0.25, 0.3) is 22.2 Å². The predicted molar refractivity (Wildman–Crippen MR) is 58.3 cm³/mol. The number of rotatable bonds is 1. The molecule has 3 aromatic heterocycles. The molecule has 0 atom stereocenters. The van der Waals surface area contributed by atoms with Crippen molar-refractivity contribution in [3.8, 4) is 11.1 Å². The van der Waals surface area contributed by atoms with Crippen LogP contribution < -0.4 is 0 Å². The van der Waals surface area contributed by atoms with E-state index < -0.39 is 0 Å². The van der Waals surface area contributed by atoms with Crippen molar-refractivity contribution < 1.29 is 0 Å². The van der Waals surface area contributed by atoms with Crippen LogP contribution in [0.1, 0.15) is 0 Å². The third kappa shape index (κ3) is 1.22. The van der Waals surface area contributed by atoms with Crippen molar-refractivity contribution in [2.75, 3.05) is 0 Å². The second kappa shape index (κ2) is 2.95. The highest BCUT2D eigenvalue weighted by atomic mass is 15.2. The molecule has 0 unspecified atom stereocenters. The van der Waals surface area contributed by atoms with E-state index in [0.717, 1.165) is 22.2 Å². The van der Waals surface area contributed by atoms with Gasteiger partial charge in [-0.05, 0) is 12.1 Å². The van der Waals surface area contributed by atoms with E-state index in [2.05, 4.69) is 21.1 Å². The van der Waals surface area contributed by atoms with Crippen LogP contribution in [0.5, 0.6) is 0 Å². The topological polar surface area (TPSA) is 46.5 Å². The molecule has 3 heterocycles. The Morgan fingerprint density at radius 3 is 3.13 bits per heavy atom. The minimum atomic E-state index is 0.913. The Kier molecular flexibility index (Phi) is 1.62. The quantitative estimate of drug-likeness (QED) is 0.649. The Morgan fingerprint density at radius 2 is 2.33 bits per heavy atom. The molecule has 0 spiro atoms. The zero-order valence-corrected chi connectivity index (χ0v) is 8.31. The summed E-state index contributed by atoms with van der Waals surface area (Å²) in [7, 11) is 1.91. The maximum Gasteiger partial charge on any atom is 0.137 e. The van der Waals surface area contributed by atoms with Crippen LogP contribution in [0, 0.1) is 0 Å². The van der Waals surface area contributed by atoms with E-state index in [1.807, 2.05) is 31.7 Å². The van der Waals surface area contributed by atoms with Gasteiger partial charge in [-0.3, -0.25) is 4.68 Å². The van der Waals surface area contributed by atoms with E-state index >= 15 is 0 Å². The lowest BCUT2D eigenvalue weighted by molar-refractivity contribution is 0.768. The van der Waals surface area contributed by atoms with Gasteiger partial charge in [-0.25, -0.2) is 4.98 Å². The van der Waals surface area contributed by atoms with E-state index in [9.17, 15) is 0 Å². The molecule has 0 aliphatic carbocycles. The number of nitrogens with one attached hydrogen (secondary N) is 1. The molecule has 4 nitrogen and oxygen atoms in total. The first-order chi connectivity index (χ1) is 7.34. The summed E-state index contributed by atoms with van der Waals surface area (Å²) in [6, 6.07) is 4.00. The minimum absolute atomic E-state index is 0.913. The van der Waals surface area contributed by atoms with Gasteiger partial charge in [0.25, 0.3) is 0 Å². The maximum absolute atomic E-state index is 4.25. The summed E-state index contributed by atoms with van der Waals surface area (Å²) in [6.45, 7) is 0. The molecule has 3 rings (SSSR count). The summed E-state index contributed by atoms with van der Waals surface area (Å²) in [5.41, 5.74) is 3.17. The van der Waals surface area contributed by atoms with E-state index in [1.165, 1.54) is 0 Å². The fourth-order valence-corrected chi connectivity index (χ4v) is 1.76. The lowest BCUT2D eigenvalue weighted by Gasteiger charge is -1.92. The summed E-state index contributed by atoms with van der Waals surface area (Å²) in [5.74, 6) is 0. The number of H-pyrrole nitrogens is 1. The number of hydrogen-bond donors (Lipinski definition) is 1. The first-order valence-corrected chi connectivity index (χ1v) is 4.76. The minimum Gasteiger partial charge on any atom is -0.346 e. The number of aryl methyl sites for hydroxylation is 1. The van der Waals surface area contributed by atoms with Gasteiger partial charge in [-0.15, -0.1) is 0 Å². The van der Waals surface area contributed by atoms with Gasteiger partial charge in [-0.1, -0.05) is 0 Å². The summed E-state index contributed by atoms with van der Waals surface area (Å²) in [4.78, 5) is 7.40. The summed E-state index contributed by atoms with van der Waals surface area (Å²) in [6.07, 6.45) is 7.60. The fourth-order valence-electron chi connectivity index (χ4n) is 1.76. The molecule has 0 saturated carbocycles. The molecule has 0 amide bonds. The lowest BCUT2D eigenvalue weighted by atomic mass is 10.1. The molecule has 0 bridgehead atoms. The van der Waals surface area contributed by atoms with Crippen molar-refractivity contribution >= 4 is 11.0 Å². The van der Waals surface area contributed by atoms with Crippen molar-refractivity contribution in [3.63, 3.8) is 0 Å². The van der Waals surface area contributed by atoms with Gasteiger partial charge in [-0.2, -0.15) is 5.10 Å². The largest absolute Gasteiger partial charge is 0.346 e. The van der Waals surface area contributed by atoms with Gasteiger partial charge in [0.1, 0.15) is 5.65 Å². The second-order valence-electron chi connectivity index (χ2n) is 3.50. The van der Waals surface area contributed by atoms with Crippen LogP contribution in [-0.2, 0) is 7.05 Å². The zero-order chi connectivity index (χ0) is 10.3. The van der Waals surface area contributed by atoms with Gasteiger partial charge >= 0.3 is 0 Å². The van der Waals surface area contributed by atoms with Gasteiger partial charge in [0.2, 0.25) is 0 Å². The Hall–Kier alpha value is -2.10. The monoisotopic (exact) mass is 198 g/mol. The third-order valence-electron chi connectivity index (χ3n) is 2.47. The number of aromatic amines is 1. The van der Waals surface area contributed by atoms with E-state index in [1.54, 1.807) is 10.9 Å².